The van der Waals surface area contributed by atoms with Gasteiger partial charge in [0.15, 0.2) is 0 Å². The van der Waals surface area contributed by atoms with E-state index in [0.29, 0.717) is 18.9 Å². The van der Waals surface area contributed by atoms with Crippen molar-refractivity contribution in [1.29, 1.82) is 0 Å². The summed E-state index contributed by atoms with van der Waals surface area (Å²) < 4.78 is 15.3. The monoisotopic (exact) mass is 513 g/mol. The van der Waals surface area contributed by atoms with Crippen molar-refractivity contribution < 1.29 is 14.3 Å². The van der Waals surface area contributed by atoms with Crippen molar-refractivity contribution in [3.63, 3.8) is 0 Å². The molecule has 7 nitrogen and oxygen atoms in total. The second-order valence-electron chi connectivity index (χ2n) is 11.4. The van der Waals surface area contributed by atoms with E-state index in [1.165, 1.54) is 11.6 Å². The van der Waals surface area contributed by atoms with Crippen molar-refractivity contribution >= 4 is 17.0 Å². The Morgan fingerprint density at radius 2 is 1.76 bits per heavy atom. The van der Waals surface area contributed by atoms with E-state index in [9.17, 15) is 9.59 Å². The highest BCUT2D eigenvalue weighted by atomic mass is 16.6. The van der Waals surface area contributed by atoms with Gasteiger partial charge in [-0.3, -0.25) is 14.3 Å². The van der Waals surface area contributed by atoms with E-state index >= 15 is 0 Å². The van der Waals surface area contributed by atoms with Crippen LogP contribution in [0.15, 0.2) is 71.7 Å². The molecule has 0 saturated carbocycles. The maximum atomic E-state index is 13.0. The van der Waals surface area contributed by atoms with Gasteiger partial charge in [-0.15, -0.1) is 0 Å². The van der Waals surface area contributed by atoms with E-state index in [4.69, 9.17) is 9.47 Å². The standard InChI is InChI=1S/C31H35N3O4/c1-30(2,3)38-29(36)34-17-15-25-24-13-12-22(18-26(24)32(6)28(25)31(34,4)5)33-16-14-23(19-27(33)35)37-20-21-10-8-7-9-11-21/h7-14,16,18-19H,15,17,20H2,1-6H3. The number of carbonyl (C=O) groups excluding carboxylic acids is 1. The fourth-order valence-corrected chi connectivity index (χ4v) is 5.46. The van der Waals surface area contributed by atoms with Gasteiger partial charge in [-0.25, -0.2) is 4.79 Å². The van der Waals surface area contributed by atoms with E-state index in [2.05, 4.69) is 24.5 Å². The first-order valence-corrected chi connectivity index (χ1v) is 13.0. The van der Waals surface area contributed by atoms with Gasteiger partial charge in [0, 0.05) is 36.9 Å². The number of aryl methyl sites for hydroxylation is 1. The Morgan fingerprint density at radius 1 is 1.03 bits per heavy atom. The number of ether oxygens (including phenoxy) is 2. The Bertz CT molecular complexity index is 1560. The maximum absolute atomic E-state index is 13.0. The number of hydrogen-bond donors (Lipinski definition) is 0. The molecule has 1 amide bonds. The summed E-state index contributed by atoms with van der Waals surface area (Å²) >= 11 is 0. The summed E-state index contributed by atoms with van der Waals surface area (Å²) in [5.74, 6) is 0.537. The first-order valence-electron chi connectivity index (χ1n) is 13.0. The van der Waals surface area contributed by atoms with Crippen LogP contribution in [0.4, 0.5) is 4.79 Å². The predicted octanol–water partition coefficient (Wildman–Crippen LogP) is 5.94. The first-order chi connectivity index (χ1) is 18.0. The van der Waals surface area contributed by atoms with Crippen molar-refractivity contribution in [3.8, 4) is 11.4 Å². The summed E-state index contributed by atoms with van der Waals surface area (Å²) in [4.78, 5) is 27.9. The molecule has 198 valence electrons. The lowest BCUT2D eigenvalue weighted by Gasteiger charge is -2.43. The first kappa shape index (κ1) is 25.6. The number of carbonyl (C=O) groups is 1. The molecule has 4 aromatic rings. The van der Waals surface area contributed by atoms with Gasteiger partial charge >= 0.3 is 6.09 Å². The highest BCUT2D eigenvalue weighted by Crippen LogP contribution is 2.41. The van der Waals surface area contributed by atoms with Crippen LogP contribution in [-0.2, 0) is 30.4 Å². The van der Waals surface area contributed by atoms with Crippen molar-refractivity contribution in [2.24, 2.45) is 7.05 Å². The molecule has 5 rings (SSSR count). The van der Waals surface area contributed by atoms with E-state index in [-0.39, 0.29) is 11.7 Å². The Balaban J connectivity index is 1.46. The number of fused-ring (bicyclic) bond motifs is 3. The van der Waals surface area contributed by atoms with Crippen molar-refractivity contribution in [3.05, 3.63) is 94.0 Å². The minimum absolute atomic E-state index is 0.162. The molecule has 0 bridgehead atoms. The van der Waals surface area contributed by atoms with E-state index in [1.807, 2.05) is 81.2 Å². The molecular weight excluding hydrogens is 478 g/mol. The Hall–Kier alpha value is -4.00. The molecule has 1 aliphatic heterocycles. The minimum Gasteiger partial charge on any atom is -0.489 e. The second-order valence-corrected chi connectivity index (χ2v) is 11.4. The van der Waals surface area contributed by atoms with Crippen LogP contribution in [0, 0.1) is 0 Å². The van der Waals surface area contributed by atoms with Crippen LogP contribution < -0.4 is 10.3 Å². The smallest absolute Gasteiger partial charge is 0.411 e. The molecular formula is C31H35N3O4. The number of amides is 1. The molecule has 0 aliphatic carbocycles. The Labute approximate surface area is 223 Å². The summed E-state index contributed by atoms with van der Waals surface area (Å²) in [7, 11) is 2.02. The highest BCUT2D eigenvalue weighted by molar-refractivity contribution is 5.88. The van der Waals surface area contributed by atoms with Crippen molar-refractivity contribution in [2.75, 3.05) is 6.54 Å². The fourth-order valence-electron chi connectivity index (χ4n) is 5.46. The van der Waals surface area contributed by atoms with Gasteiger partial charge in [0.2, 0.25) is 0 Å². The third-order valence-corrected chi connectivity index (χ3v) is 7.16. The Kier molecular flexibility index (Phi) is 6.33. The fraction of sp³-hybridized carbons (Fsp3) is 0.355. The summed E-state index contributed by atoms with van der Waals surface area (Å²) in [5.41, 5.74) is 3.87. The van der Waals surface area contributed by atoms with Crippen LogP contribution in [0.2, 0.25) is 0 Å². The van der Waals surface area contributed by atoms with E-state index in [1.54, 1.807) is 10.8 Å². The Morgan fingerprint density at radius 3 is 2.45 bits per heavy atom. The third-order valence-electron chi connectivity index (χ3n) is 7.16. The van der Waals surface area contributed by atoms with Gasteiger partial charge in [-0.1, -0.05) is 36.4 Å². The molecule has 0 saturated heterocycles. The molecule has 38 heavy (non-hydrogen) atoms. The lowest BCUT2D eigenvalue weighted by Crippen LogP contribution is -2.52. The number of pyridine rings is 1. The molecule has 2 aromatic heterocycles. The molecule has 0 radical (unpaired) electrons. The lowest BCUT2D eigenvalue weighted by molar-refractivity contribution is -0.00162. The summed E-state index contributed by atoms with van der Waals surface area (Å²) in [6.45, 7) is 10.8. The molecule has 0 unspecified atom stereocenters. The number of hydrogen-bond acceptors (Lipinski definition) is 4. The zero-order valence-corrected chi connectivity index (χ0v) is 22.9. The number of rotatable bonds is 4. The average Bonchev–Trinajstić information content (AvgIpc) is 3.14. The van der Waals surface area contributed by atoms with Crippen LogP contribution >= 0.6 is 0 Å². The average molecular weight is 514 g/mol. The molecule has 0 fully saturated rings. The van der Waals surface area contributed by atoms with Crippen LogP contribution in [0.5, 0.6) is 5.75 Å². The lowest BCUT2D eigenvalue weighted by atomic mass is 9.88. The summed E-state index contributed by atoms with van der Waals surface area (Å²) in [6, 6.07) is 19.3. The number of benzene rings is 2. The van der Waals surface area contributed by atoms with Crippen LogP contribution in [0.3, 0.4) is 0 Å². The van der Waals surface area contributed by atoms with E-state index in [0.717, 1.165) is 34.3 Å². The molecule has 1 aliphatic rings. The molecule has 3 heterocycles. The molecule has 2 aromatic carbocycles. The third kappa shape index (κ3) is 4.69. The molecule has 0 spiro atoms. The second kappa shape index (κ2) is 9.39. The van der Waals surface area contributed by atoms with E-state index < -0.39 is 11.1 Å². The van der Waals surface area contributed by atoms with Gasteiger partial charge < -0.3 is 14.0 Å². The van der Waals surface area contributed by atoms with Gasteiger partial charge in [0.1, 0.15) is 18.0 Å². The highest BCUT2D eigenvalue weighted by Gasteiger charge is 2.42. The normalized spacial score (nSPS) is 14.8. The minimum atomic E-state index is -0.559. The molecule has 0 N–H and O–H groups in total. The van der Waals surface area contributed by atoms with Crippen molar-refractivity contribution in [2.45, 2.75) is 58.8 Å². The maximum Gasteiger partial charge on any atom is 0.411 e. The van der Waals surface area contributed by atoms with Crippen LogP contribution in [0.1, 0.15) is 51.4 Å². The molecule has 7 heteroatoms. The number of aromatic nitrogens is 2. The van der Waals surface area contributed by atoms with Crippen molar-refractivity contribution in [1.82, 2.24) is 14.0 Å². The van der Waals surface area contributed by atoms with Gasteiger partial charge in [0.05, 0.1) is 16.7 Å². The number of nitrogens with zero attached hydrogens (tertiary/aromatic N) is 3. The van der Waals surface area contributed by atoms with Gasteiger partial charge in [0.25, 0.3) is 5.56 Å². The SMILES string of the molecule is Cn1c2c(c3ccc(-n4ccc(OCc5ccccc5)cc4=O)cc31)CCN(C(=O)OC(C)(C)C)C2(C)C. The van der Waals surface area contributed by atoms with Crippen LogP contribution in [0.25, 0.3) is 16.6 Å². The van der Waals surface area contributed by atoms with Gasteiger partial charge in [-0.05, 0) is 70.4 Å². The topological polar surface area (TPSA) is 65.7 Å². The zero-order valence-electron chi connectivity index (χ0n) is 22.9. The quantitative estimate of drug-likeness (QED) is 0.339. The largest absolute Gasteiger partial charge is 0.489 e. The van der Waals surface area contributed by atoms with Crippen LogP contribution in [-0.4, -0.2) is 32.3 Å². The molecule has 0 atom stereocenters. The summed E-state index contributed by atoms with van der Waals surface area (Å²) in [5, 5.41) is 1.14. The zero-order chi connectivity index (χ0) is 27.2. The summed E-state index contributed by atoms with van der Waals surface area (Å²) in [6.07, 6.45) is 2.18. The predicted molar refractivity (Wildman–Crippen MR) is 149 cm³/mol. The van der Waals surface area contributed by atoms with Gasteiger partial charge in [-0.2, -0.15) is 0 Å².